The fraction of sp³-hybridized carbons (Fsp3) is 0.407. The van der Waals surface area contributed by atoms with Crippen LogP contribution in [0.2, 0.25) is 0 Å². The van der Waals surface area contributed by atoms with E-state index in [2.05, 4.69) is 17.0 Å². The van der Waals surface area contributed by atoms with Crippen LogP contribution < -0.4 is 0 Å². The Bertz CT molecular complexity index is 1270. The van der Waals surface area contributed by atoms with Crippen LogP contribution in [0.15, 0.2) is 53.4 Å². The number of carbonyl (C=O) groups is 1. The molecule has 2 saturated heterocycles. The first-order valence-corrected chi connectivity index (χ1v) is 13.8. The predicted octanol–water partition coefficient (Wildman–Crippen LogP) is 2.85. The van der Waals surface area contributed by atoms with Crippen molar-refractivity contribution in [2.24, 2.45) is 0 Å². The summed E-state index contributed by atoms with van der Waals surface area (Å²) in [7, 11) is 1.77. The Morgan fingerprint density at radius 2 is 2.00 bits per heavy atom. The molecule has 3 aromatic rings. The van der Waals surface area contributed by atoms with Crippen LogP contribution in [0.3, 0.4) is 0 Å². The molecule has 0 N–H and O–H groups in total. The molecule has 1 amide bonds. The van der Waals surface area contributed by atoms with E-state index in [-0.39, 0.29) is 17.8 Å². The minimum Gasteiger partial charge on any atom is -0.611 e. The van der Waals surface area contributed by atoms with Crippen molar-refractivity contribution in [1.82, 2.24) is 19.6 Å². The fourth-order valence-electron chi connectivity index (χ4n) is 5.39. The second kappa shape index (κ2) is 9.99. The summed E-state index contributed by atoms with van der Waals surface area (Å²) in [6.07, 6.45) is 1.33. The number of nitrogens with zero attached hydrogens (tertiary/aromatic N) is 4. The third kappa shape index (κ3) is 4.35. The number of aromatic nitrogens is 2. The molecule has 0 bridgehead atoms. The Labute approximate surface area is 214 Å². The van der Waals surface area contributed by atoms with Crippen molar-refractivity contribution in [3.8, 4) is 16.9 Å². The van der Waals surface area contributed by atoms with Crippen molar-refractivity contribution in [2.45, 2.75) is 29.7 Å². The smallest absolute Gasteiger partial charge is 0.275 e. The Kier molecular flexibility index (Phi) is 6.57. The number of morpholine rings is 1. The van der Waals surface area contributed by atoms with Crippen LogP contribution >= 0.6 is 0 Å². The van der Waals surface area contributed by atoms with Gasteiger partial charge < -0.3 is 18.9 Å². The number of methoxy groups -OCH3 is 1. The van der Waals surface area contributed by atoms with Gasteiger partial charge in [0.05, 0.1) is 41.8 Å². The molecule has 8 nitrogen and oxygen atoms in total. The maximum Gasteiger partial charge on any atom is 0.275 e. The molecule has 3 aliphatic heterocycles. The van der Waals surface area contributed by atoms with E-state index < -0.39 is 11.2 Å². The maximum absolute atomic E-state index is 13.6. The fourth-order valence-corrected chi connectivity index (χ4v) is 6.72. The summed E-state index contributed by atoms with van der Waals surface area (Å²) in [6.45, 7) is 4.88. The minimum absolute atomic E-state index is 0.122. The summed E-state index contributed by atoms with van der Waals surface area (Å²) in [5.41, 5.74) is 4.97. The van der Waals surface area contributed by atoms with Crippen molar-refractivity contribution in [3.63, 3.8) is 0 Å². The Hall–Kier alpha value is -2.69. The molecule has 0 aliphatic carbocycles. The normalized spacial score (nSPS) is 21.9. The SMILES string of the molecule is COC1CCN(Cc2cccc(-n3nc(C(=O)N4CCOCC4)c4c3-c3ccccc3[S+]([O-])C4)c2)C1. The first-order valence-electron chi connectivity index (χ1n) is 12.4. The number of hydrogen-bond acceptors (Lipinski definition) is 6. The molecule has 4 heterocycles. The molecule has 188 valence electrons. The van der Waals surface area contributed by atoms with Gasteiger partial charge in [-0.1, -0.05) is 24.3 Å². The second-order valence-electron chi connectivity index (χ2n) is 9.53. The molecule has 2 unspecified atom stereocenters. The summed E-state index contributed by atoms with van der Waals surface area (Å²) in [5.74, 6) is 0.160. The highest BCUT2D eigenvalue weighted by molar-refractivity contribution is 7.90. The van der Waals surface area contributed by atoms with Crippen LogP contribution in [0.4, 0.5) is 0 Å². The number of amides is 1. The lowest BCUT2D eigenvalue weighted by atomic mass is 10.0. The van der Waals surface area contributed by atoms with Crippen LogP contribution in [-0.4, -0.2) is 82.6 Å². The molecule has 9 heteroatoms. The Morgan fingerprint density at radius 1 is 1.17 bits per heavy atom. The van der Waals surface area contributed by atoms with E-state index in [1.165, 1.54) is 5.56 Å². The molecule has 2 fully saturated rings. The summed E-state index contributed by atoms with van der Waals surface area (Å²) >= 11 is -1.23. The summed E-state index contributed by atoms with van der Waals surface area (Å²) < 4.78 is 26.0. The molecular weight excluding hydrogens is 476 g/mol. The molecule has 2 atom stereocenters. The van der Waals surface area contributed by atoms with Crippen LogP contribution in [0.1, 0.15) is 28.0 Å². The number of likely N-dealkylation sites (tertiary alicyclic amines) is 1. The zero-order valence-corrected chi connectivity index (χ0v) is 21.2. The molecule has 36 heavy (non-hydrogen) atoms. The second-order valence-corrected chi connectivity index (χ2v) is 10.9. The van der Waals surface area contributed by atoms with Gasteiger partial charge in [-0.3, -0.25) is 9.69 Å². The van der Waals surface area contributed by atoms with Crippen molar-refractivity contribution < 1.29 is 18.8 Å². The highest BCUT2D eigenvalue weighted by atomic mass is 32.2. The number of hydrogen-bond donors (Lipinski definition) is 0. The number of benzene rings is 2. The number of rotatable bonds is 5. The molecule has 2 aromatic carbocycles. The van der Waals surface area contributed by atoms with Crippen molar-refractivity contribution >= 4 is 17.1 Å². The Balaban J connectivity index is 1.41. The average molecular weight is 507 g/mol. The van der Waals surface area contributed by atoms with E-state index in [0.29, 0.717) is 32.0 Å². The van der Waals surface area contributed by atoms with Gasteiger partial charge in [-0.05, 0) is 47.4 Å². The third-order valence-electron chi connectivity index (χ3n) is 7.27. The van der Waals surface area contributed by atoms with E-state index in [1.54, 1.807) is 12.0 Å². The van der Waals surface area contributed by atoms with E-state index in [0.717, 1.165) is 53.5 Å². The van der Waals surface area contributed by atoms with E-state index in [9.17, 15) is 9.35 Å². The zero-order chi connectivity index (χ0) is 24.6. The topological polar surface area (TPSA) is 82.9 Å². The molecular formula is C27H30N4O4S. The standard InChI is InChI=1S/C27H30N4O4S/c1-34-21-9-10-29(17-21)16-19-5-4-6-20(15-19)31-26-22-7-2-3-8-24(22)36(33)18-23(26)25(28-31)27(32)30-11-13-35-14-12-30/h2-8,15,21H,9-14,16-18H2,1H3. The lowest BCUT2D eigenvalue weighted by Crippen LogP contribution is -2.41. The van der Waals surface area contributed by atoms with Gasteiger partial charge in [0, 0.05) is 39.8 Å². The van der Waals surface area contributed by atoms with Crippen LogP contribution in [0.25, 0.3) is 16.9 Å². The molecule has 0 saturated carbocycles. The molecule has 3 aliphatic rings. The number of ether oxygens (including phenoxy) is 2. The van der Waals surface area contributed by atoms with E-state index >= 15 is 0 Å². The number of fused-ring (bicyclic) bond motifs is 3. The molecule has 1 aromatic heterocycles. The van der Waals surface area contributed by atoms with Gasteiger partial charge in [0.1, 0.15) is 5.75 Å². The number of carbonyl (C=O) groups excluding carboxylic acids is 1. The van der Waals surface area contributed by atoms with Crippen molar-refractivity contribution in [3.05, 3.63) is 65.4 Å². The van der Waals surface area contributed by atoms with Crippen molar-refractivity contribution in [1.29, 1.82) is 0 Å². The lowest BCUT2D eigenvalue weighted by molar-refractivity contribution is 0.0298. The summed E-state index contributed by atoms with van der Waals surface area (Å²) in [6, 6.07) is 16.1. The van der Waals surface area contributed by atoms with Crippen LogP contribution in [0.5, 0.6) is 0 Å². The van der Waals surface area contributed by atoms with Gasteiger partial charge in [-0.25, -0.2) is 4.68 Å². The quantitative estimate of drug-likeness (QED) is 0.495. The van der Waals surface area contributed by atoms with E-state index in [1.807, 2.05) is 41.1 Å². The maximum atomic E-state index is 13.6. The van der Waals surface area contributed by atoms with Gasteiger partial charge in [-0.15, -0.1) is 0 Å². The van der Waals surface area contributed by atoms with Crippen LogP contribution in [0, 0.1) is 0 Å². The molecule has 6 rings (SSSR count). The van der Waals surface area contributed by atoms with Gasteiger partial charge >= 0.3 is 0 Å². The Morgan fingerprint density at radius 3 is 2.81 bits per heavy atom. The zero-order valence-electron chi connectivity index (χ0n) is 20.4. The third-order valence-corrected chi connectivity index (χ3v) is 8.67. The largest absolute Gasteiger partial charge is 0.611 e. The molecule has 0 spiro atoms. The first kappa shape index (κ1) is 23.7. The first-order chi connectivity index (χ1) is 17.6. The van der Waals surface area contributed by atoms with Crippen LogP contribution in [-0.2, 0) is 32.9 Å². The van der Waals surface area contributed by atoms with E-state index in [4.69, 9.17) is 14.6 Å². The van der Waals surface area contributed by atoms with Gasteiger partial charge in [-0.2, -0.15) is 5.10 Å². The monoisotopic (exact) mass is 506 g/mol. The van der Waals surface area contributed by atoms with Gasteiger partial charge in [0.25, 0.3) is 5.91 Å². The average Bonchev–Trinajstić information content (AvgIpc) is 3.54. The highest BCUT2D eigenvalue weighted by Gasteiger charge is 2.37. The molecule has 0 radical (unpaired) electrons. The highest BCUT2D eigenvalue weighted by Crippen LogP contribution is 2.41. The predicted molar refractivity (Wildman–Crippen MR) is 137 cm³/mol. The van der Waals surface area contributed by atoms with Gasteiger partial charge in [0.2, 0.25) is 0 Å². The van der Waals surface area contributed by atoms with Gasteiger partial charge in [0.15, 0.2) is 10.6 Å². The minimum atomic E-state index is -1.23. The summed E-state index contributed by atoms with van der Waals surface area (Å²) in [4.78, 5) is 18.5. The lowest BCUT2D eigenvalue weighted by Gasteiger charge is -2.26. The summed E-state index contributed by atoms with van der Waals surface area (Å²) in [5, 5.41) is 4.89. The van der Waals surface area contributed by atoms with Crippen molar-refractivity contribution in [2.75, 3.05) is 46.5 Å².